The number of hydrogen-bond donors (Lipinski definition) is 0. The van der Waals surface area contributed by atoms with E-state index < -0.39 is 7.21 Å². The van der Waals surface area contributed by atoms with Crippen LogP contribution in [0, 0.1) is 0 Å². The second-order valence-corrected chi connectivity index (χ2v) is 13.7. The van der Waals surface area contributed by atoms with Gasteiger partial charge in [0.15, 0.2) is 0 Å². The van der Waals surface area contributed by atoms with Crippen molar-refractivity contribution in [1.29, 1.82) is 0 Å². The molecule has 1 aromatic heterocycles. The Hall–Kier alpha value is -2.35. The van der Waals surface area contributed by atoms with Crippen molar-refractivity contribution >= 4 is 40.0 Å². The third-order valence-corrected chi connectivity index (χ3v) is 11.5. The van der Waals surface area contributed by atoms with E-state index in [1.54, 1.807) is 0 Å². The lowest BCUT2D eigenvalue weighted by molar-refractivity contribution is 0.538. The lowest BCUT2D eigenvalue weighted by Crippen LogP contribution is -2.35. The van der Waals surface area contributed by atoms with E-state index in [2.05, 4.69) is 110 Å². The van der Waals surface area contributed by atoms with Crippen molar-refractivity contribution in [1.82, 2.24) is 9.24 Å². The minimum atomic E-state index is -2.03. The van der Waals surface area contributed by atoms with E-state index in [0.717, 1.165) is 25.3 Å². The lowest BCUT2D eigenvalue weighted by Gasteiger charge is -2.44. The molecule has 0 radical (unpaired) electrons. The van der Waals surface area contributed by atoms with Gasteiger partial charge < -0.3 is 4.57 Å². The molecule has 0 N–H and O–H groups in total. The molecule has 0 saturated carbocycles. The first-order chi connectivity index (χ1) is 15.5. The molecule has 1 atom stereocenters. The molecule has 0 bridgehead atoms. The van der Waals surface area contributed by atoms with Crippen LogP contribution in [-0.2, 0) is 6.54 Å². The molecule has 1 aliphatic rings. The minimum absolute atomic E-state index is 0.0317. The van der Waals surface area contributed by atoms with Gasteiger partial charge in [0, 0.05) is 51.9 Å². The van der Waals surface area contributed by atoms with Gasteiger partial charge in [-0.15, -0.1) is 0 Å². The maximum Gasteiger partial charge on any atom is 0.0720 e. The van der Waals surface area contributed by atoms with Crippen LogP contribution in [0.3, 0.4) is 0 Å². The van der Waals surface area contributed by atoms with Crippen molar-refractivity contribution in [2.45, 2.75) is 52.2 Å². The average Bonchev–Trinajstić information content (AvgIpc) is 3.43. The third-order valence-electron chi connectivity index (χ3n) is 6.88. The molecule has 0 aliphatic carbocycles. The second kappa shape index (κ2) is 8.21. The van der Waals surface area contributed by atoms with Gasteiger partial charge in [0.25, 0.3) is 0 Å². The number of rotatable bonds is 4. The summed E-state index contributed by atoms with van der Waals surface area (Å²) in [6.45, 7) is 12.7. The Labute approximate surface area is 192 Å². The van der Waals surface area contributed by atoms with Gasteiger partial charge in [0.1, 0.15) is 0 Å². The SMILES string of the molecule is CCn1c2ccccc2c2cc([P@](=Nc3ccccc3)(N3CCCC3)C(C)(C)C)ccc21. The third kappa shape index (κ3) is 3.34. The number of aromatic nitrogens is 1. The summed E-state index contributed by atoms with van der Waals surface area (Å²) in [5, 5.41) is 4.14. The molecule has 3 aromatic carbocycles. The summed E-state index contributed by atoms with van der Waals surface area (Å²) in [5.74, 6) is 0. The molecule has 1 aliphatic heterocycles. The number of para-hydroxylation sites is 1. The quantitative estimate of drug-likeness (QED) is 0.295. The fraction of sp³-hybridized carbons (Fsp3) is 0.357. The van der Waals surface area contributed by atoms with Gasteiger partial charge >= 0.3 is 0 Å². The van der Waals surface area contributed by atoms with Gasteiger partial charge in [-0.2, -0.15) is 0 Å². The van der Waals surface area contributed by atoms with Gasteiger partial charge in [-0.1, -0.05) is 57.2 Å². The van der Waals surface area contributed by atoms with E-state index in [0.29, 0.717) is 0 Å². The maximum absolute atomic E-state index is 5.66. The Kier molecular flexibility index (Phi) is 5.51. The Morgan fingerprint density at radius 2 is 1.47 bits per heavy atom. The number of fused-ring (bicyclic) bond motifs is 3. The lowest BCUT2D eigenvalue weighted by atomic mass is 10.1. The maximum atomic E-state index is 5.66. The predicted octanol–water partition coefficient (Wildman–Crippen LogP) is 7.78. The largest absolute Gasteiger partial charge is 0.341 e. The van der Waals surface area contributed by atoms with Crippen molar-refractivity contribution in [3.63, 3.8) is 0 Å². The van der Waals surface area contributed by atoms with Crippen LogP contribution in [-0.4, -0.2) is 27.5 Å². The summed E-state index contributed by atoms with van der Waals surface area (Å²) < 4.78 is 10.8. The molecular formula is C28H34N3P. The number of hydrogen-bond acceptors (Lipinski definition) is 1. The summed E-state index contributed by atoms with van der Waals surface area (Å²) in [6.07, 6.45) is 2.53. The van der Waals surface area contributed by atoms with Crippen LogP contribution in [0.25, 0.3) is 21.8 Å². The predicted molar refractivity (Wildman–Crippen MR) is 141 cm³/mol. The minimum Gasteiger partial charge on any atom is -0.341 e. The smallest absolute Gasteiger partial charge is 0.0720 e. The van der Waals surface area contributed by atoms with E-state index in [1.165, 1.54) is 40.0 Å². The molecule has 1 saturated heterocycles. The standard InChI is InChI=1S/C28H34N3P/c1-5-31-26-16-10-9-15-24(26)25-21-23(17-18-27(25)31)32(28(2,3)4,30-19-11-12-20-30)29-22-13-7-6-8-14-22/h6-10,13-18,21H,5,11-12,19-20H2,1-4H3/t32-/m0/s1. The fourth-order valence-electron chi connectivity index (χ4n) is 5.47. The molecule has 0 spiro atoms. The highest BCUT2D eigenvalue weighted by atomic mass is 31.2. The fourth-order valence-corrected chi connectivity index (χ4v) is 9.89. The van der Waals surface area contributed by atoms with E-state index in [9.17, 15) is 0 Å². The Morgan fingerprint density at radius 3 is 2.16 bits per heavy atom. The van der Waals surface area contributed by atoms with Crippen molar-refractivity contribution in [3.05, 3.63) is 72.8 Å². The molecule has 166 valence electrons. The van der Waals surface area contributed by atoms with Crippen LogP contribution in [0.1, 0.15) is 40.5 Å². The molecule has 0 unspecified atom stereocenters. The Bertz CT molecular complexity index is 1310. The number of benzene rings is 3. The van der Waals surface area contributed by atoms with Gasteiger partial charge in [0.2, 0.25) is 0 Å². The molecule has 4 heteroatoms. The highest BCUT2D eigenvalue weighted by Gasteiger charge is 2.42. The van der Waals surface area contributed by atoms with E-state index in [-0.39, 0.29) is 5.16 Å². The first-order valence-electron chi connectivity index (χ1n) is 11.9. The Balaban J connectivity index is 1.86. The second-order valence-electron chi connectivity index (χ2n) is 9.83. The normalized spacial score (nSPS) is 17.1. The Morgan fingerprint density at radius 1 is 0.812 bits per heavy atom. The topological polar surface area (TPSA) is 20.5 Å². The van der Waals surface area contributed by atoms with Crippen LogP contribution >= 0.6 is 7.21 Å². The average molecular weight is 444 g/mol. The van der Waals surface area contributed by atoms with Crippen LogP contribution < -0.4 is 5.30 Å². The van der Waals surface area contributed by atoms with E-state index >= 15 is 0 Å². The van der Waals surface area contributed by atoms with E-state index in [1.807, 2.05) is 0 Å². The number of aryl methyl sites for hydroxylation is 1. The molecule has 3 nitrogen and oxygen atoms in total. The summed E-state index contributed by atoms with van der Waals surface area (Å²) in [5.41, 5.74) is 3.74. The van der Waals surface area contributed by atoms with Gasteiger partial charge in [-0.05, 0) is 56.2 Å². The molecule has 5 rings (SSSR count). The molecule has 4 aromatic rings. The van der Waals surface area contributed by atoms with Gasteiger partial charge in [0.05, 0.1) is 12.9 Å². The first-order valence-corrected chi connectivity index (χ1v) is 13.6. The summed E-state index contributed by atoms with van der Waals surface area (Å²) in [6, 6.07) is 26.7. The monoisotopic (exact) mass is 443 g/mol. The highest BCUT2D eigenvalue weighted by Crippen LogP contribution is 2.65. The molecule has 0 amide bonds. The first kappa shape index (κ1) is 21.5. The summed E-state index contributed by atoms with van der Waals surface area (Å²) >= 11 is 0. The zero-order valence-corrected chi connectivity index (χ0v) is 20.6. The van der Waals surface area contributed by atoms with Crippen molar-refractivity contribution < 1.29 is 0 Å². The zero-order chi connectivity index (χ0) is 22.3. The highest BCUT2D eigenvalue weighted by molar-refractivity contribution is 7.73. The van der Waals surface area contributed by atoms with Crippen LogP contribution in [0.4, 0.5) is 5.69 Å². The molecule has 1 fully saturated rings. The molecule has 2 heterocycles. The molecular weight excluding hydrogens is 409 g/mol. The molecule has 32 heavy (non-hydrogen) atoms. The van der Waals surface area contributed by atoms with Crippen LogP contribution in [0.5, 0.6) is 0 Å². The van der Waals surface area contributed by atoms with Crippen LogP contribution in [0.2, 0.25) is 0 Å². The van der Waals surface area contributed by atoms with Crippen LogP contribution in [0.15, 0.2) is 77.5 Å². The van der Waals surface area contributed by atoms with E-state index in [4.69, 9.17) is 4.74 Å². The number of nitrogens with zero attached hydrogens (tertiary/aromatic N) is 3. The van der Waals surface area contributed by atoms with Crippen molar-refractivity contribution in [3.8, 4) is 0 Å². The van der Waals surface area contributed by atoms with Gasteiger partial charge in [-0.25, -0.2) is 4.74 Å². The van der Waals surface area contributed by atoms with Crippen molar-refractivity contribution in [2.24, 2.45) is 4.74 Å². The zero-order valence-electron chi connectivity index (χ0n) is 19.8. The van der Waals surface area contributed by atoms with Gasteiger partial charge in [-0.3, -0.25) is 4.67 Å². The van der Waals surface area contributed by atoms with Crippen molar-refractivity contribution in [2.75, 3.05) is 13.1 Å². The summed E-state index contributed by atoms with van der Waals surface area (Å²) in [7, 11) is -2.03. The summed E-state index contributed by atoms with van der Waals surface area (Å²) in [4.78, 5) is 0.